The number of sulfone groups is 1. The standard InChI is InChI=1S/C10H13FN2O3S/c1-6(12)10(14)13-9-5-7(17(2,15)16)3-4-8(9)11/h3-6H,12H2,1-2H3,(H,13,14)/t6-/m1/s1. The lowest BCUT2D eigenvalue weighted by atomic mass is 10.2. The zero-order valence-corrected chi connectivity index (χ0v) is 10.2. The SMILES string of the molecule is C[C@@H](N)C(=O)Nc1cc(S(C)(=O)=O)ccc1F. The van der Waals surface area contributed by atoms with E-state index in [0.717, 1.165) is 24.5 Å². The van der Waals surface area contributed by atoms with E-state index < -0.39 is 27.6 Å². The van der Waals surface area contributed by atoms with E-state index in [1.54, 1.807) is 0 Å². The van der Waals surface area contributed by atoms with Crippen molar-refractivity contribution in [1.29, 1.82) is 0 Å². The highest BCUT2D eigenvalue weighted by molar-refractivity contribution is 7.90. The largest absolute Gasteiger partial charge is 0.322 e. The van der Waals surface area contributed by atoms with Crippen molar-refractivity contribution in [2.75, 3.05) is 11.6 Å². The summed E-state index contributed by atoms with van der Waals surface area (Å²) in [5.41, 5.74) is 5.11. The van der Waals surface area contributed by atoms with Crippen LogP contribution in [0.1, 0.15) is 6.92 Å². The number of rotatable bonds is 3. The van der Waals surface area contributed by atoms with E-state index in [9.17, 15) is 17.6 Å². The summed E-state index contributed by atoms with van der Waals surface area (Å²) in [7, 11) is -3.45. The number of amides is 1. The first-order valence-electron chi connectivity index (χ1n) is 4.78. The molecule has 1 aromatic rings. The van der Waals surface area contributed by atoms with Gasteiger partial charge < -0.3 is 11.1 Å². The highest BCUT2D eigenvalue weighted by atomic mass is 32.2. The summed E-state index contributed by atoms with van der Waals surface area (Å²) in [6.45, 7) is 1.44. The van der Waals surface area contributed by atoms with Gasteiger partial charge in [0.2, 0.25) is 5.91 Å². The lowest BCUT2D eigenvalue weighted by Crippen LogP contribution is -2.32. The number of nitrogens with one attached hydrogen (secondary N) is 1. The number of halogens is 1. The van der Waals surface area contributed by atoms with Crippen LogP contribution in [0.15, 0.2) is 23.1 Å². The Morgan fingerprint density at radius 2 is 2.06 bits per heavy atom. The lowest BCUT2D eigenvalue weighted by molar-refractivity contribution is -0.117. The molecule has 1 atom stereocenters. The van der Waals surface area contributed by atoms with Crippen LogP contribution in [-0.2, 0) is 14.6 Å². The number of hydrogen-bond acceptors (Lipinski definition) is 4. The summed E-state index contributed by atoms with van der Waals surface area (Å²) >= 11 is 0. The number of carbonyl (C=O) groups excluding carboxylic acids is 1. The summed E-state index contributed by atoms with van der Waals surface area (Å²) in [6.07, 6.45) is 0.997. The van der Waals surface area contributed by atoms with Crippen molar-refractivity contribution in [2.45, 2.75) is 17.9 Å². The maximum Gasteiger partial charge on any atom is 0.241 e. The Kier molecular flexibility index (Phi) is 3.84. The molecule has 0 fully saturated rings. The first-order valence-corrected chi connectivity index (χ1v) is 6.67. The molecule has 0 radical (unpaired) electrons. The first kappa shape index (κ1) is 13.6. The number of benzene rings is 1. The average molecular weight is 260 g/mol. The molecule has 0 saturated heterocycles. The molecule has 0 saturated carbocycles. The second-order valence-electron chi connectivity index (χ2n) is 3.69. The minimum atomic E-state index is -3.45. The Bertz CT molecular complexity index is 540. The second kappa shape index (κ2) is 4.80. The molecule has 0 aromatic heterocycles. The molecular weight excluding hydrogens is 247 g/mol. The fraction of sp³-hybridized carbons (Fsp3) is 0.300. The van der Waals surface area contributed by atoms with E-state index in [4.69, 9.17) is 5.73 Å². The molecule has 0 aliphatic rings. The predicted molar refractivity (Wildman–Crippen MR) is 61.8 cm³/mol. The van der Waals surface area contributed by atoms with Gasteiger partial charge in [-0.15, -0.1) is 0 Å². The van der Waals surface area contributed by atoms with Gasteiger partial charge >= 0.3 is 0 Å². The van der Waals surface area contributed by atoms with Gasteiger partial charge in [0.05, 0.1) is 16.6 Å². The molecule has 3 N–H and O–H groups in total. The number of hydrogen-bond donors (Lipinski definition) is 2. The van der Waals surface area contributed by atoms with Crippen molar-refractivity contribution < 1.29 is 17.6 Å². The van der Waals surface area contributed by atoms with Gasteiger partial charge in [-0.2, -0.15) is 0 Å². The Morgan fingerprint density at radius 3 is 2.53 bits per heavy atom. The number of nitrogens with two attached hydrogens (primary N) is 1. The third-order valence-electron chi connectivity index (χ3n) is 2.04. The van der Waals surface area contributed by atoms with Crippen LogP contribution in [0.3, 0.4) is 0 Å². The molecule has 7 heteroatoms. The number of carbonyl (C=O) groups is 1. The van der Waals surface area contributed by atoms with Gasteiger partial charge in [-0.1, -0.05) is 0 Å². The van der Waals surface area contributed by atoms with Crippen molar-refractivity contribution in [3.63, 3.8) is 0 Å². The fourth-order valence-corrected chi connectivity index (χ4v) is 1.72. The first-order chi connectivity index (χ1) is 7.71. The molecule has 1 amide bonds. The Labute approximate surface area is 98.7 Å². The zero-order valence-electron chi connectivity index (χ0n) is 9.40. The van der Waals surface area contributed by atoms with Crippen molar-refractivity contribution in [1.82, 2.24) is 0 Å². The predicted octanol–water partition coefficient (Wildman–Crippen LogP) is 0.515. The van der Waals surface area contributed by atoms with Gasteiger partial charge in [0.25, 0.3) is 0 Å². The summed E-state index contributed by atoms with van der Waals surface area (Å²) in [5.74, 6) is -1.30. The quantitative estimate of drug-likeness (QED) is 0.775. The third kappa shape index (κ3) is 3.50. The molecule has 1 rings (SSSR count). The van der Waals surface area contributed by atoms with Crippen LogP contribution in [0.5, 0.6) is 0 Å². The monoisotopic (exact) mass is 260 g/mol. The Balaban J connectivity index is 3.12. The Morgan fingerprint density at radius 1 is 1.47 bits per heavy atom. The normalized spacial score (nSPS) is 13.2. The number of anilines is 1. The highest BCUT2D eigenvalue weighted by Gasteiger charge is 2.14. The Hall–Kier alpha value is -1.47. The highest BCUT2D eigenvalue weighted by Crippen LogP contribution is 2.19. The van der Waals surface area contributed by atoms with Crippen LogP contribution in [0, 0.1) is 5.82 Å². The molecule has 0 aliphatic heterocycles. The van der Waals surface area contributed by atoms with Gasteiger partial charge in [-0.25, -0.2) is 12.8 Å². The van der Waals surface area contributed by atoms with Gasteiger partial charge in [0.15, 0.2) is 9.84 Å². The molecule has 0 heterocycles. The molecule has 17 heavy (non-hydrogen) atoms. The van der Waals surface area contributed by atoms with E-state index >= 15 is 0 Å². The zero-order chi connectivity index (χ0) is 13.2. The van der Waals surface area contributed by atoms with Crippen molar-refractivity contribution in [3.8, 4) is 0 Å². The van der Waals surface area contributed by atoms with E-state index in [1.165, 1.54) is 6.92 Å². The summed E-state index contributed by atoms with van der Waals surface area (Å²) in [6, 6.07) is 2.36. The van der Waals surface area contributed by atoms with Crippen LogP contribution in [-0.4, -0.2) is 26.6 Å². The second-order valence-corrected chi connectivity index (χ2v) is 5.71. The van der Waals surface area contributed by atoms with E-state index in [0.29, 0.717) is 0 Å². The fourth-order valence-electron chi connectivity index (χ4n) is 1.08. The van der Waals surface area contributed by atoms with Crippen molar-refractivity contribution in [2.24, 2.45) is 5.73 Å². The van der Waals surface area contributed by atoms with Crippen molar-refractivity contribution >= 4 is 21.4 Å². The lowest BCUT2D eigenvalue weighted by Gasteiger charge is -2.09. The summed E-state index contributed by atoms with van der Waals surface area (Å²) in [4.78, 5) is 11.2. The van der Waals surface area contributed by atoms with Crippen LogP contribution in [0.25, 0.3) is 0 Å². The van der Waals surface area contributed by atoms with Crippen LogP contribution in [0.4, 0.5) is 10.1 Å². The maximum absolute atomic E-state index is 13.3. The molecule has 0 spiro atoms. The van der Waals surface area contributed by atoms with Gasteiger partial charge in [0, 0.05) is 6.26 Å². The smallest absolute Gasteiger partial charge is 0.241 e. The van der Waals surface area contributed by atoms with Gasteiger partial charge in [0.1, 0.15) is 5.82 Å². The van der Waals surface area contributed by atoms with Gasteiger partial charge in [-0.3, -0.25) is 4.79 Å². The topological polar surface area (TPSA) is 89.3 Å². The molecule has 0 unspecified atom stereocenters. The minimum Gasteiger partial charge on any atom is -0.322 e. The summed E-state index contributed by atoms with van der Waals surface area (Å²) in [5, 5.41) is 2.22. The van der Waals surface area contributed by atoms with E-state index in [2.05, 4.69) is 5.32 Å². The van der Waals surface area contributed by atoms with Crippen LogP contribution < -0.4 is 11.1 Å². The maximum atomic E-state index is 13.3. The van der Waals surface area contributed by atoms with Crippen LogP contribution in [0.2, 0.25) is 0 Å². The molecular formula is C10H13FN2O3S. The molecule has 1 aromatic carbocycles. The molecule has 94 valence electrons. The third-order valence-corrected chi connectivity index (χ3v) is 3.15. The average Bonchev–Trinajstić information content (AvgIpc) is 2.19. The molecule has 0 bridgehead atoms. The van der Waals surface area contributed by atoms with Gasteiger partial charge in [-0.05, 0) is 25.1 Å². The van der Waals surface area contributed by atoms with Crippen molar-refractivity contribution in [3.05, 3.63) is 24.0 Å². The molecule has 5 nitrogen and oxygen atoms in total. The molecule has 0 aliphatic carbocycles. The summed E-state index contributed by atoms with van der Waals surface area (Å²) < 4.78 is 35.8. The minimum absolute atomic E-state index is 0.0705. The van der Waals surface area contributed by atoms with E-state index in [1.807, 2.05) is 0 Å². The van der Waals surface area contributed by atoms with E-state index in [-0.39, 0.29) is 10.6 Å². The van der Waals surface area contributed by atoms with Crippen LogP contribution >= 0.6 is 0 Å².